The van der Waals surface area contributed by atoms with Gasteiger partial charge in [0.1, 0.15) is 18.2 Å². The number of pyridine rings is 1. The van der Waals surface area contributed by atoms with Crippen molar-refractivity contribution in [3.05, 3.63) is 29.6 Å². The van der Waals surface area contributed by atoms with Gasteiger partial charge in [0.25, 0.3) is 5.41 Å². The molecule has 0 aliphatic rings. The molecule has 16 heavy (non-hydrogen) atoms. The van der Waals surface area contributed by atoms with Crippen LogP contribution < -0.4 is 0 Å². The maximum atomic E-state index is 11.9. The minimum atomic E-state index is -2.28. The number of aromatic nitrogens is 1. The lowest BCUT2D eigenvalue weighted by Gasteiger charge is -2.09. The highest BCUT2D eigenvalue weighted by molar-refractivity contribution is 6.06. The van der Waals surface area contributed by atoms with Crippen molar-refractivity contribution < 1.29 is 4.79 Å². The number of ketones is 1. The van der Waals surface area contributed by atoms with Gasteiger partial charge in [-0.05, 0) is 19.1 Å². The molecule has 0 spiro atoms. The summed E-state index contributed by atoms with van der Waals surface area (Å²) in [7, 11) is 0. The van der Waals surface area contributed by atoms with Gasteiger partial charge in [-0.15, -0.1) is 0 Å². The van der Waals surface area contributed by atoms with E-state index in [1.807, 2.05) is 0 Å². The first-order valence-corrected chi connectivity index (χ1v) is 4.31. The predicted octanol–water partition coefficient (Wildman–Crippen LogP) is 1.13. The zero-order valence-corrected chi connectivity index (χ0v) is 8.43. The zero-order valence-electron chi connectivity index (χ0n) is 8.43. The monoisotopic (exact) mass is 210 g/mol. The second-order valence-electron chi connectivity index (χ2n) is 3.05. The number of nitrogens with zero attached hydrogens (tertiary/aromatic N) is 4. The molecule has 0 aliphatic carbocycles. The van der Waals surface area contributed by atoms with Crippen LogP contribution in [-0.4, -0.2) is 10.8 Å². The molecule has 0 fully saturated rings. The highest BCUT2D eigenvalue weighted by atomic mass is 16.1. The Labute approximate surface area is 92.2 Å². The summed E-state index contributed by atoms with van der Waals surface area (Å²) in [5.74, 6) is -0.828. The number of aryl methyl sites for hydroxylation is 1. The number of carbonyl (C=O) groups excluding carboxylic acids is 1. The number of hydrogen-bond acceptors (Lipinski definition) is 5. The van der Waals surface area contributed by atoms with Gasteiger partial charge in [0.15, 0.2) is 0 Å². The maximum Gasteiger partial charge on any atom is 0.290 e. The fourth-order valence-corrected chi connectivity index (χ4v) is 1.15. The first-order valence-electron chi connectivity index (χ1n) is 4.31. The van der Waals surface area contributed by atoms with Crippen LogP contribution in [-0.2, 0) is 0 Å². The summed E-state index contributed by atoms with van der Waals surface area (Å²) in [6, 6.07) is 7.27. The van der Waals surface area contributed by atoms with Gasteiger partial charge in [0.2, 0.25) is 5.78 Å². The van der Waals surface area contributed by atoms with Gasteiger partial charge in [-0.3, -0.25) is 9.78 Å². The Hall–Kier alpha value is -2.71. The normalized spacial score (nSPS) is 9.62. The predicted molar refractivity (Wildman–Crippen MR) is 52.6 cm³/mol. The van der Waals surface area contributed by atoms with E-state index >= 15 is 0 Å². The zero-order chi connectivity index (χ0) is 12.2. The van der Waals surface area contributed by atoms with E-state index in [0.29, 0.717) is 5.69 Å². The Morgan fingerprint density at radius 1 is 1.31 bits per heavy atom. The van der Waals surface area contributed by atoms with Crippen LogP contribution in [0.1, 0.15) is 16.1 Å². The van der Waals surface area contributed by atoms with Crippen LogP contribution in [0.25, 0.3) is 0 Å². The Balaban J connectivity index is 3.35. The number of carbonyl (C=O) groups is 1. The van der Waals surface area contributed by atoms with Gasteiger partial charge < -0.3 is 0 Å². The number of hydrogen-bond donors (Lipinski definition) is 0. The molecule has 1 rings (SSSR count). The molecule has 0 amide bonds. The first kappa shape index (κ1) is 11.4. The Morgan fingerprint density at radius 3 is 2.31 bits per heavy atom. The molecule has 0 aliphatic heterocycles. The van der Waals surface area contributed by atoms with Crippen LogP contribution in [0.3, 0.4) is 0 Å². The van der Waals surface area contributed by atoms with Crippen molar-refractivity contribution >= 4 is 5.78 Å². The number of rotatable bonds is 2. The summed E-state index contributed by atoms with van der Waals surface area (Å²) in [6.07, 6.45) is 1.49. The molecular formula is C11H6N4O. The quantitative estimate of drug-likeness (QED) is 0.681. The van der Waals surface area contributed by atoms with Crippen molar-refractivity contribution in [2.24, 2.45) is 5.41 Å². The molecule has 1 aromatic rings. The minimum Gasteiger partial charge on any atom is -0.290 e. The van der Waals surface area contributed by atoms with Crippen molar-refractivity contribution in [1.82, 2.24) is 4.98 Å². The van der Waals surface area contributed by atoms with E-state index in [0.717, 1.165) is 0 Å². The van der Waals surface area contributed by atoms with Gasteiger partial charge in [0, 0.05) is 17.5 Å². The van der Waals surface area contributed by atoms with Crippen molar-refractivity contribution in [2.75, 3.05) is 0 Å². The molecule has 1 heterocycles. The highest BCUT2D eigenvalue weighted by Crippen LogP contribution is 2.21. The van der Waals surface area contributed by atoms with Gasteiger partial charge in [-0.1, -0.05) is 0 Å². The van der Waals surface area contributed by atoms with E-state index in [9.17, 15) is 4.79 Å². The lowest BCUT2D eigenvalue weighted by molar-refractivity contribution is 0.0938. The smallest absolute Gasteiger partial charge is 0.290 e. The maximum absolute atomic E-state index is 11.9. The van der Waals surface area contributed by atoms with Crippen LogP contribution in [0.15, 0.2) is 18.3 Å². The van der Waals surface area contributed by atoms with Crippen LogP contribution in [0, 0.1) is 46.3 Å². The molecule has 76 valence electrons. The Bertz CT molecular complexity index is 521. The second kappa shape index (κ2) is 4.21. The molecule has 1 aromatic heterocycles. The third-order valence-electron chi connectivity index (χ3n) is 2.10. The van der Waals surface area contributed by atoms with E-state index in [1.54, 1.807) is 6.92 Å². The summed E-state index contributed by atoms with van der Waals surface area (Å²) in [4.78, 5) is 15.7. The molecule has 5 nitrogen and oxygen atoms in total. The first-order chi connectivity index (χ1) is 7.61. The van der Waals surface area contributed by atoms with Gasteiger partial charge >= 0.3 is 0 Å². The molecule has 0 radical (unpaired) electrons. The molecule has 0 N–H and O–H groups in total. The lowest BCUT2D eigenvalue weighted by atomic mass is 9.84. The van der Waals surface area contributed by atoms with Crippen molar-refractivity contribution in [1.29, 1.82) is 15.8 Å². The van der Waals surface area contributed by atoms with E-state index in [2.05, 4.69) is 4.98 Å². The minimum absolute atomic E-state index is 0.118. The standard InChI is InChI=1S/C11H6N4O/c1-8-9(3-2-4-15-8)10(16)11(5-12,6-13)7-14/h2-4H,1H3. The molecule has 5 heteroatoms. The van der Waals surface area contributed by atoms with Crippen molar-refractivity contribution in [2.45, 2.75) is 6.92 Å². The summed E-state index contributed by atoms with van der Waals surface area (Å²) >= 11 is 0. The third kappa shape index (κ3) is 1.61. The van der Waals surface area contributed by atoms with E-state index < -0.39 is 11.2 Å². The fourth-order valence-electron chi connectivity index (χ4n) is 1.15. The summed E-state index contributed by atoms with van der Waals surface area (Å²) in [5.41, 5.74) is -1.78. The highest BCUT2D eigenvalue weighted by Gasteiger charge is 2.40. The number of nitriles is 3. The van der Waals surface area contributed by atoms with Gasteiger partial charge in [-0.2, -0.15) is 15.8 Å². The van der Waals surface area contributed by atoms with Crippen molar-refractivity contribution in [3.63, 3.8) is 0 Å². The molecule has 0 saturated heterocycles. The van der Waals surface area contributed by atoms with Gasteiger partial charge in [-0.25, -0.2) is 0 Å². The molecule has 0 unspecified atom stereocenters. The van der Waals surface area contributed by atoms with Crippen LogP contribution in [0.2, 0.25) is 0 Å². The number of Topliss-reactive ketones (excluding diaryl/α,β-unsaturated/α-hetero) is 1. The van der Waals surface area contributed by atoms with Crippen molar-refractivity contribution in [3.8, 4) is 18.2 Å². The van der Waals surface area contributed by atoms with Crippen LogP contribution >= 0.6 is 0 Å². The largest absolute Gasteiger partial charge is 0.290 e. The Kier molecular flexibility index (Phi) is 2.99. The SMILES string of the molecule is Cc1ncccc1C(=O)C(C#N)(C#N)C#N. The van der Waals surface area contributed by atoms with Crippen LogP contribution in [0.4, 0.5) is 0 Å². The average Bonchev–Trinajstić information content (AvgIpc) is 2.32. The topological polar surface area (TPSA) is 101 Å². The average molecular weight is 210 g/mol. The van der Waals surface area contributed by atoms with Gasteiger partial charge in [0.05, 0.1) is 0 Å². The molecule has 0 bridgehead atoms. The Morgan fingerprint density at radius 2 is 1.88 bits per heavy atom. The van der Waals surface area contributed by atoms with E-state index in [1.165, 1.54) is 36.5 Å². The molecular weight excluding hydrogens is 204 g/mol. The third-order valence-corrected chi connectivity index (χ3v) is 2.10. The van der Waals surface area contributed by atoms with Crippen LogP contribution in [0.5, 0.6) is 0 Å². The summed E-state index contributed by atoms with van der Waals surface area (Å²) < 4.78 is 0. The lowest BCUT2D eigenvalue weighted by Crippen LogP contribution is -2.27. The van der Waals surface area contributed by atoms with E-state index in [-0.39, 0.29) is 5.56 Å². The molecule has 0 atom stereocenters. The second-order valence-corrected chi connectivity index (χ2v) is 3.05. The summed E-state index contributed by atoms with van der Waals surface area (Å²) in [6.45, 7) is 1.57. The molecule has 0 aromatic carbocycles. The fraction of sp³-hybridized carbons (Fsp3) is 0.182. The van der Waals surface area contributed by atoms with E-state index in [4.69, 9.17) is 15.8 Å². The summed E-state index contributed by atoms with van der Waals surface area (Å²) in [5, 5.41) is 26.3. The molecule has 0 saturated carbocycles.